The third-order valence-corrected chi connectivity index (χ3v) is 6.08. The first-order valence-corrected chi connectivity index (χ1v) is 10.7. The molecule has 2 fully saturated rings. The summed E-state index contributed by atoms with van der Waals surface area (Å²) in [6.45, 7) is 9.92. The number of carbonyl (C=O) groups excluding carboxylic acids is 1. The zero-order valence-corrected chi connectivity index (χ0v) is 16.7. The number of amides is 1. The molecule has 1 aromatic rings. The maximum Gasteiger partial charge on any atom is 0.233 e. The average molecular weight is 379 g/mol. The molecule has 0 bridgehead atoms. The Bertz CT molecular complexity index is 617. The highest BCUT2D eigenvalue weighted by Gasteiger charge is 2.27. The lowest BCUT2D eigenvalue weighted by atomic mass is 9.89. The number of thioether (sulfide) groups is 1. The van der Waals surface area contributed by atoms with Crippen molar-refractivity contribution >= 4 is 17.7 Å². The maximum atomic E-state index is 12.6. The number of hydrogen-bond acceptors (Lipinski definition) is 5. The number of aromatic nitrogens is 3. The quantitative estimate of drug-likeness (QED) is 0.562. The molecule has 0 radical (unpaired) electrons. The Balaban J connectivity index is 1.64. The second kappa shape index (κ2) is 9.04. The van der Waals surface area contributed by atoms with Gasteiger partial charge in [0.1, 0.15) is 5.82 Å². The zero-order chi connectivity index (χ0) is 18.5. The van der Waals surface area contributed by atoms with Crippen LogP contribution in [0.3, 0.4) is 0 Å². The van der Waals surface area contributed by atoms with Crippen LogP contribution in [0.15, 0.2) is 17.8 Å². The van der Waals surface area contributed by atoms with Gasteiger partial charge in [-0.15, -0.1) is 16.8 Å². The van der Waals surface area contributed by atoms with E-state index >= 15 is 0 Å². The van der Waals surface area contributed by atoms with Crippen LogP contribution < -0.4 is 0 Å². The molecule has 7 heteroatoms. The van der Waals surface area contributed by atoms with E-state index in [0.717, 1.165) is 11.0 Å². The van der Waals surface area contributed by atoms with E-state index in [2.05, 4.69) is 21.3 Å². The molecule has 2 aliphatic rings. The van der Waals surface area contributed by atoms with Gasteiger partial charge < -0.3 is 14.2 Å². The summed E-state index contributed by atoms with van der Waals surface area (Å²) < 4.78 is 7.86. The Labute approximate surface area is 160 Å². The minimum absolute atomic E-state index is 0.0926. The fourth-order valence-corrected chi connectivity index (χ4v) is 4.83. The van der Waals surface area contributed by atoms with Crippen molar-refractivity contribution in [3.05, 3.63) is 18.5 Å². The van der Waals surface area contributed by atoms with E-state index in [1.807, 2.05) is 24.8 Å². The van der Waals surface area contributed by atoms with E-state index in [9.17, 15) is 4.79 Å². The summed E-state index contributed by atoms with van der Waals surface area (Å²) in [4.78, 5) is 14.5. The predicted octanol–water partition coefficient (Wildman–Crippen LogP) is 3.24. The highest BCUT2D eigenvalue weighted by Crippen LogP contribution is 2.33. The van der Waals surface area contributed by atoms with Crippen molar-refractivity contribution in [3.63, 3.8) is 0 Å². The van der Waals surface area contributed by atoms with Crippen molar-refractivity contribution < 1.29 is 9.53 Å². The first-order chi connectivity index (χ1) is 12.6. The Hall–Kier alpha value is -1.34. The van der Waals surface area contributed by atoms with Gasteiger partial charge in [-0.3, -0.25) is 4.79 Å². The summed E-state index contributed by atoms with van der Waals surface area (Å²) in [5, 5.41) is 9.69. The van der Waals surface area contributed by atoms with Gasteiger partial charge >= 0.3 is 0 Å². The minimum atomic E-state index is 0.0926. The SMILES string of the molecule is C=CCn1c(SCC(=O)N2C[C@@H](C)O[C@@H](C)C2)nnc1C1CCCCC1. The van der Waals surface area contributed by atoms with Gasteiger partial charge in [0, 0.05) is 25.6 Å². The highest BCUT2D eigenvalue weighted by atomic mass is 32.2. The molecule has 1 aliphatic carbocycles. The van der Waals surface area contributed by atoms with Gasteiger partial charge in [0.05, 0.1) is 18.0 Å². The Morgan fingerprint density at radius 1 is 1.23 bits per heavy atom. The molecule has 1 aromatic heterocycles. The van der Waals surface area contributed by atoms with Gasteiger partial charge in [-0.2, -0.15) is 0 Å². The molecule has 1 aliphatic heterocycles. The van der Waals surface area contributed by atoms with Gasteiger partial charge in [-0.05, 0) is 26.7 Å². The van der Waals surface area contributed by atoms with E-state index in [4.69, 9.17) is 4.74 Å². The van der Waals surface area contributed by atoms with Gasteiger partial charge in [0.2, 0.25) is 5.91 Å². The van der Waals surface area contributed by atoms with Crippen LogP contribution in [0, 0.1) is 0 Å². The highest BCUT2D eigenvalue weighted by molar-refractivity contribution is 7.99. The summed E-state index contributed by atoms with van der Waals surface area (Å²) in [7, 11) is 0. The van der Waals surface area contributed by atoms with E-state index in [-0.39, 0.29) is 18.1 Å². The van der Waals surface area contributed by atoms with Crippen LogP contribution >= 0.6 is 11.8 Å². The van der Waals surface area contributed by atoms with Crippen molar-refractivity contribution in [1.29, 1.82) is 0 Å². The van der Waals surface area contributed by atoms with E-state index in [1.165, 1.54) is 43.9 Å². The molecule has 2 atom stereocenters. The van der Waals surface area contributed by atoms with E-state index in [0.29, 0.717) is 31.3 Å². The number of ether oxygens (including phenoxy) is 1. The third-order valence-electron chi connectivity index (χ3n) is 5.12. The van der Waals surface area contributed by atoms with Crippen LogP contribution in [0.25, 0.3) is 0 Å². The molecule has 26 heavy (non-hydrogen) atoms. The summed E-state index contributed by atoms with van der Waals surface area (Å²) >= 11 is 1.49. The average Bonchev–Trinajstić information content (AvgIpc) is 3.02. The van der Waals surface area contributed by atoms with Gasteiger partial charge in [0.25, 0.3) is 0 Å². The smallest absolute Gasteiger partial charge is 0.233 e. The second-order valence-electron chi connectivity index (χ2n) is 7.42. The first-order valence-electron chi connectivity index (χ1n) is 9.68. The number of nitrogens with zero attached hydrogens (tertiary/aromatic N) is 4. The number of allylic oxidation sites excluding steroid dienone is 1. The zero-order valence-electron chi connectivity index (χ0n) is 15.9. The van der Waals surface area contributed by atoms with Crippen molar-refractivity contribution in [2.75, 3.05) is 18.8 Å². The monoisotopic (exact) mass is 378 g/mol. The molecule has 3 rings (SSSR count). The van der Waals surface area contributed by atoms with E-state index < -0.39 is 0 Å². The summed E-state index contributed by atoms with van der Waals surface area (Å²) in [6.07, 6.45) is 8.28. The lowest BCUT2D eigenvalue weighted by Gasteiger charge is -2.35. The minimum Gasteiger partial charge on any atom is -0.372 e. The van der Waals surface area contributed by atoms with Crippen LogP contribution in [0.5, 0.6) is 0 Å². The van der Waals surface area contributed by atoms with Crippen molar-refractivity contribution in [1.82, 2.24) is 19.7 Å². The molecule has 2 heterocycles. The predicted molar refractivity (Wildman–Crippen MR) is 103 cm³/mol. The van der Waals surface area contributed by atoms with Crippen molar-refractivity contribution in [2.24, 2.45) is 0 Å². The Morgan fingerprint density at radius 3 is 2.58 bits per heavy atom. The van der Waals surface area contributed by atoms with Gasteiger partial charge in [0.15, 0.2) is 5.16 Å². The van der Waals surface area contributed by atoms with E-state index in [1.54, 1.807) is 0 Å². The molecule has 1 amide bonds. The third kappa shape index (κ3) is 4.68. The molecular formula is C19H30N4O2S. The van der Waals surface area contributed by atoms with Crippen molar-refractivity contribution in [2.45, 2.75) is 75.8 Å². The molecular weight excluding hydrogens is 348 g/mol. The van der Waals surface area contributed by atoms with Gasteiger partial charge in [-0.1, -0.05) is 37.1 Å². The Morgan fingerprint density at radius 2 is 1.92 bits per heavy atom. The molecule has 0 N–H and O–H groups in total. The second-order valence-corrected chi connectivity index (χ2v) is 8.36. The van der Waals surface area contributed by atoms with Crippen LogP contribution in [-0.4, -0.2) is 56.6 Å². The van der Waals surface area contributed by atoms with Crippen LogP contribution in [-0.2, 0) is 16.1 Å². The summed E-state index contributed by atoms with van der Waals surface area (Å²) in [6, 6.07) is 0. The molecule has 6 nitrogen and oxygen atoms in total. The van der Waals surface area contributed by atoms with Gasteiger partial charge in [-0.25, -0.2) is 0 Å². The lowest BCUT2D eigenvalue weighted by molar-refractivity contribution is -0.140. The molecule has 0 spiro atoms. The maximum absolute atomic E-state index is 12.6. The number of rotatable bonds is 6. The molecule has 144 valence electrons. The van der Waals surface area contributed by atoms with Crippen LogP contribution in [0.4, 0.5) is 0 Å². The lowest BCUT2D eigenvalue weighted by Crippen LogP contribution is -2.48. The number of hydrogen-bond donors (Lipinski definition) is 0. The molecule has 1 saturated heterocycles. The Kier molecular flexibility index (Phi) is 6.75. The fraction of sp³-hybridized carbons (Fsp3) is 0.737. The fourth-order valence-electron chi connectivity index (χ4n) is 3.97. The molecule has 0 aromatic carbocycles. The van der Waals surface area contributed by atoms with Crippen LogP contribution in [0.1, 0.15) is 57.7 Å². The standard InChI is InChI=1S/C19H30N4O2S/c1-4-10-23-18(16-8-6-5-7-9-16)20-21-19(23)26-13-17(24)22-11-14(2)25-15(3)12-22/h4,14-16H,1,5-13H2,2-3H3/t14-,15+. The number of morpholine rings is 1. The molecule has 1 saturated carbocycles. The summed E-state index contributed by atoms with van der Waals surface area (Å²) in [5.41, 5.74) is 0. The molecule has 0 unspecified atom stereocenters. The normalized spacial score (nSPS) is 24.6. The summed E-state index contributed by atoms with van der Waals surface area (Å²) in [5.74, 6) is 2.08. The largest absolute Gasteiger partial charge is 0.372 e. The topological polar surface area (TPSA) is 60.2 Å². The number of carbonyl (C=O) groups is 1. The first kappa shape index (κ1) is 19.4. The van der Waals surface area contributed by atoms with Crippen molar-refractivity contribution in [3.8, 4) is 0 Å². The van der Waals surface area contributed by atoms with Crippen LogP contribution in [0.2, 0.25) is 0 Å².